The minimum absolute atomic E-state index is 0.0893. The van der Waals surface area contributed by atoms with E-state index < -0.39 is 17.2 Å². The number of nitro benzene ring substituents is 1. The van der Waals surface area contributed by atoms with E-state index in [1.165, 1.54) is 24.3 Å². The normalized spacial score (nSPS) is 9.47. The zero-order chi connectivity index (χ0) is 14.3. The first kappa shape index (κ1) is 14.2. The predicted octanol–water partition coefficient (Wildman–Crippen LogP) is 1.21. The first-order chi connectivity index (χ1) is 8.99. The standard InChI is InChI=1S/C10H10N2O7/c11-9(13)17-5-6-18-10(14)19-8-3-1-7(2-4-8)12(15)16/h1-4H,5-6H2,(H2,11,13). The van der Waals surface area contributed by atoms with Crippen molar-refractivity contribution in [3.63, 3.8) is 0 Å². The van der Waals surface area contributed by atoms with Gasteiger partial charge in [-0.2, -0.15) is 0 Å². The second-order valence-corrected chi connectivity index (χ2v) is 3.12. The van der Waals surface area contributed by atoms with Crippen molar-refractivity contribution in [2.75, 3.05) is 13.2 Å². The fraction of sp³-hybridized carbons (Fsp3) is 0.200. The zero-order valence-corrected chi connectivity index (χ0v) is 9.61. The molecule has 0 spiro atoms. The lowest BCUT2D eigenvalue weighted by Gasteiger charge is -2.05. The third-order valence-electron chi connectivity index (χ3n) is 1.80. The highest BCUT2D eigenvalue weighted by molar-refractivity contribution is 5.65. The summed E-state index contributed by atoms with van der Waals surface area (Å²) in [6.07, 6.45) is -2.01. The van der Waals surface area contributed by atoms with E-state index in [1.807, 2.05) is 0 Å². The number of rotatable bonds is 5. The van der Waals surface area contributed by atoms with Gasteiger partial charge in [-0.05, 0) is 12.1 Å². The first-order valence-corrected chi connectivity index (χ1v) is 5.00. The molecule has 0 atom stereocenters. The summed E-state index contributed by atoms with van der Waals surface area (Å²) in [5.41, 5.74) is 4.55. The van der Waals surface area contributed by atoms with E-state index in [4.69, 9.17) is 4.74 Å². The van der Waals surface area contributed by atoms with Crippen molar-refractivity contribution >= 4 is 17.9 Å². The van der Waals surface area contributed by atoms with Crippen LogP contribution in [0.5, 0.6) is 5.75 Å². The van der Waals surface area contributed by atoms with Crippen molar-refractivity contribution in [2.45, 2.75) is 0 Å². The number of primary amides is 1. The number of amides is 1. The van der Waals surface area contributed by atoms with Gasteiger partial charge in [0.05, 0.1) is 4.92 Å². The van der Waals surface area contributed by atoms with Gasteiger partial charge in [-0.1, -0.05) is 0 Å². The van der Waals surface area contributed by atoms with Gasteiger partial charge in [-0.25, -0.2) is 9.59 Å². The third kappa shape index (κ3) is 5.35. The fourth-order valence-corrected chi connectivity index (χ4v) is 1.03. The van der Waals surface area contributed by atoms with Gasteiger partial charge in [0.15, 0.2) is 0 Å². The Bertz CT molecular complexity index is 471. The van der Waals surface area contributed by atoms with Crippen molar-refractivity contribution in [3.05, 3.63) is 34.4 Å². The molecule has 0 unspecified atom stereocenters. The molecule has 9 nitrogen and oxygen atoms in total. The summed E-state index contributed by atoms with van der Waals surface area (Å²) < 4.78 is 13.6. The number of benzene rings is 1. The maximum atomic E-state index is 11.1. The van der Waals surface area contributed by atoms with Crippen LogP contribution in [0.25, 0.3) is 0 Å². The average Bonchev–Trinajstić information content (AvgIpc) is 2.35. The molecule has 0 heterocycles. The van der Waals surface area contributed by atoms with Crippen LogP contribution in [0.1, 0.15) is 0 Å². The van der Waals surface area contributed by atoms with Crippen LogP contribution in [0.2, 0.25) is 0 Å². The Morgan fingerprint density at radius 2 is 1.74 bits per heavy atom. The fourth-order valence-electron chi connectivity index (χ4n) is 1.03. The zero-order valence-electron chi connectivity index (χ0n) is 9.61. The molecule has 2 N–H and O–H groups in total. The molecule has 0 radical (unpaired) electrons. The maximum Gasteiger partial charge on any atom is 0.513 e. The van der Waals surface area contributed by atoms with E-state index in [9.17, 15) is 19.7 Å². The first-order valence-electron chi connectivity index (χ1n) is 5.00. The number of hydrogen-bond donors (Lipinski definition) is 1. The van der Waals surface area contributed by atoms with E-state index >= 15 is 0 Å². The highest BCUT2D eigenvalue weighted by Crippen LogP contribution is 2.17. The lowest BCUT2D eigenvalue weighted by molar-refractivity contribution is -0.384. The molecule has 1 aromatic carbocycles. The number of carbonyl (C=O) groups is 2. The van der Waals surface area contributed by atoms with Crippen molar-refractivity contribution < 1.29 is 28.7 Å². The van der Waals surface area contributed by atoms with Gasteiger partial charge in [-0.15, -0.1) is 0 Å². The van der Waals surface area contributed by atoms with E-state index in [0.717, 1.165) is 0 Å². The summed E-state index contributed by atoms with van der Waals surface area (Å²) in [5, 5.41) is 10.4. The summed E-state index contributed by atoms with van der Waals surface area (Å²) in [6, 6.07) is 4.86. The summed E-state index contributed by atoms with van der Waals surface area (Å²) >= 11 is 0. The molecule has 1 aromatic rings. The molecule has 1 rings (SSSR count). The van der Waals surface area contributed by atoms with Crippen LogP contribution >= 0.6 is 0 Å². The Morgan fingerprint density at radius 1 is 1.16 bits per heavy atom. The molecule has 9 heteroatoms. The van der Waals surface area contributed by atoms with Gasteiger partial charge in [-0.3, -0.25) is 10.1 Å². The van der Waals surface area contributed by atoms with Gasteiger partial charge < -0.3 is 19.9 Å². The van der Waals surface area contributed by atoms with Crippen LogP contribution in [0.3, 0.4) is 0 Å². The van der Waals surface area contributed by atoms with Crippen molar-refractivity contribution in [1.29, 1.82) is 0 Å². The van der Waals surface area contributed by atoms with Gasteiger partial charge in [0.25, 0.3) is 5.69 Å². The molecule has 0 aliphatic carbocycles. The molecule has 0 saturated carbocycles. The number of non-ortho nitro benzene ring substituents is 1. The Labute approximate surface area is 107 Å². The van der Waals surface area contributed by atoms with Crippen molar-refractivity contribution in [1.82, 2.24) is 0 Å². The quantitative estimate of drug-likeness (QED) is 0.279. The lowest BCUT2D eigenvalue weighted by atomic mass is 10.3. The van der Waals surface area contributed by atoms with Crippen molar-refractivity contribution in [3.8, 4) is 5.75 Å². The topological polar surface area (TPSA) is 131 Å². The number of ether oxygens (including phenoxy) is 3. The van der Waals surface area contributed by atoms with Gasteiger partial charge >= 0.3 is 12.2 Å². The van der Waals surface area contributed by atoms with Crippen LogP contribution in [0.4, 0.5) is 15.3 Å². The van der Waals surface area contributed by atoms with E-state index in [-0.39, 0.29) is 24.7 Å². The predicted molar refractivity (Wildman–Crippen MR) is 60.6 cm³/mol. The summed E-state index contributed by atoms with van der Waals surface area (Å²) in [6.45, 7) is -0.403. The second-order valence-electron chi connectivity index (χ2n) is 3.12. The second kappa shape index (κ2) is 6.79. The molecule has 19 heavy (non-hydrogen) atoms. The van der Waals surface area contributed by atoms with Crippen LogP contribution in [-0.4, -0.2) is 30.4 Å². The highest BCUT2D eigenvalue weighted by Gasteiger charge is 2.09. The van der Waals surface area contributed by atoms with Crippen molar-refractivity contribution in [2.24, 2.45) is 5.73 Å². The molecule has 0 saturated heterocycles. The Hall–Kier alpha value is -2.84. The van der Waals surface area contributed by atoms with Gasteiger partial charge in [0.1, 0.15) is 19.0 Å². The number of nitro groups is 1. The molecule has 0 aliphatic rings. The average molecular weight is 270 g/mol. The minimum atomic E-state index is -1.03. The van der Waals surface area contributed by atoms with Gasteiger partial charge in [0, 0.05) is 12.1 Å². The molecule has 0 aromatic heterocycles. The van der Waals surface area contributed by atoms with Crippen LogP contribution < -0.4 is 10.5 Å². The van der Waals surface area contributed by atoms with Crippen LogP contribution in [0.15, 0.2) is 24.3 Å². The largest absolute Gasteiger partial charge is 0.513 e. The smallest absolute Gasteiger partial charge is 0.446 e. The summed E-state index contributed by atoms with van der Waals surface area (Å²) in [7, 11) is 0. The molecule has 0 aliphatic heterocycles. The third-order valence-corrected chi connectivity index (χ3v) is 1.80. The molecular formula is C10H10N2O7. The Morgan fingerprint density at radius 3 is 2.26 bits per heavy atom. The highest BCUT2D eigenvalue weighted by atomic mass is 16.7. The lowest BCUT2D eigenvalue weighted by Crippen LogP contribution is -2.19. The number of hydrogen-bond acceptors (Lipinski definition) is 7. The van der Waals surface area contributed by atoms with Gasteiger partial charge in [0.2, 0.25) is 0 Å². The SMILES string of the molecule is NC(=O)OCCOC(=O)Oc1ccc([N+](=O)[O-])cc1. The van der Waals surface area contributed by atoms with Crippen LogP contribution in [-0.2, 0) is 9.47 Å². The number of nitrogens with two attached hydrogens (primary N) is 1. The molecule has 0 fully saturated rings. The molecule has 1 amide bonds. The minimum Gasteiger partial charge on any atom is -0.446 e. The molecule has 0 bridgehead atoms. The maximum absolute atomic E-state index is 11.1. The summed E-state index contributed by atoms with van der Waals surface area (Å²) in [5.74, 6) is 0.0893. The van der Waals surface area contributed by atoms with E-state index in [1.54, 1.807) is 0 Å². The number of carbonyl (C=O) groups excluding carboxylic acids is 2. The molecular weight excluding hydrogens is 260 g/mol. The monoisotopic (exact) mass is 270 g/mol. The summed E-state index contributed by atoms with van der Waals surface area (Å²) in [4.78, 5) is 31.1. The van der Waals surface area contributed by atoms with Crippen LogP contribution in [0, 0.1) is 10.1 Å². The van der Waals surface area contributed by atoms with E-state index in [0.29, 0.717) is 0 Å². The number of nitrogens with zero attached hydrogens (tertiary/aromatic N) is 1. The Kier molecular flexibility index (Phi) is 5.08. The van der Waals surface area contributed by atoms with E-state index in [2.05, 4.69) is 15.2 Å². The molecule has 102 valence electrons. The Balaban J connectivity index is 2.35.